The largest absolute Gasteiger partial charge is 0.378 e. The molecule has 1 nitrogen and oxygen atoms in total. The van der Waals surface area contributed by atoms with Gasteiger partial charge < -0.3 is 4.74 Å². The number of rotatable bonds is 3. The van der Waals surface area contributed by atoms with Crippen molar-refractivity contribution in [1.29, 1.82) is 0 Å². The van der Waals surface area contributed by atoms with Crippen LogP contribution in [0.25, 0.3) is 0 Å². The molecule has 0 aromatic rings. The molecule has 0 aromatic heterocycles. The van der Waals surface area contributed by atoms with Gasteiger partial charge >= 0.3 is 0 Å². The third-order valence-electron chi connectivity index (χ3n) is 0.687. The molecule has 0 heterocycles. The first kappa shape index (κ1) is 8.18. The molecule has 0 saturated heterocycles. The fourth-order valence-corrected chi connectivity index (χ4v) is 0.424. The normalized spacial score (nSPS) is 12.1. The van der Waals surface area contributed by atoms with Gasteiger partial charge in [-0.25, -0.2) is 0 Å². The SMILES string of the molecule is CCOCC=C(C)Br. The van der Waals surface area contributed by atoms with E-state index in [0.717, 1.165) is 11.1 Å². The van der Waals surface area contributed by atoms with E-state index in [1.807, 2.05) is 19.9 Å². The third kappa shape index (κ3) is 6.18. The minimum atomic E-state index is 0.716. The summed E-state index contributed by atoms with van der Waals surface area (Å²) in [5, 5.41) is 0. The van der Waals surface area contributed by atoms with Crippen LogP contribution in [0.5, 0.6) is 0 Å². The van der Waals surface area contributed by atoms with Crippen LogP contribution in [0.4, 0.5) is 0 Å². The third-order valence-corrected chi connectivity index (χ3v) is 1.01. The Morgan fingerprint density at radius 2 is 2.38 bits per heavy atom. The van der Waals surface area contributed by atoms with Gasteiger partial charge in [-0.05, 0) is 24.4 Å². The highest BCUT2D eigenvalue weighted by Gasteiger charge is 1.77. The Hall–Kier alpha value is 0.180. The van der Waals surface area contributed by atoms with E-state index in [0.29, 0.717) is 6.61 Å². The van der Waals surface area contributed by atoms with Gasteiger partial charge in [0.05, 0.1) is 6.61 Å². The Labute approximate surface area is 58.9 Å². The van der Waals surface area contributed by atoms with Gasteiger partial charge in [-0.2, -0.15) is 0 Å². The first-order valence-corrected chi connectivity index (χ1v) is 3.46. The van der Waals surface area contributed by atoms with Crippen LogP contribution >= 0.6 is 15.9 Å². The molecular weight excluding hydrogens is 168 g/mol. The fraction of sp³-hybridized carbons (Fsp3) is 0.667. The number of ether oxygens (including phenoxy) is 1. The summed E-state index contributed by atoms with van der Waals surface area (Å²) in [6, 6.07) is 0. The summed E-state index contributed by atoms with van der Waals surface area (Å²) in [4.78, 5) is 0. The average molecular weight is 179 g/mol. The monoisotopic (exact) mass is 178 g/mol. The van der Waals surface area contributed by atoms with Gasteiger partial charge in [-0.15, -0.1) is 0 Å². The smallest absolute Gasteiger partial charge is 0.0657 e. The molecule has 0 unspecified atom stereocenters. The minimum Gasteiger partial charge on any atom is -0.378 e. The average Bonchev–Trinajstić information content (AvgIpc) is 1.66. The van der Waals surface area contributed by atoms with E-state index < -0.39 is 0 Å². The Bertz CT molecular complexity index is 74.6. The highest BCUT2D eigenvalue weighted by Crippen LogP contribution is 2.00. The van der Waals surface area contributed by atoms with Crippen LogP contribution in [0.2, 0.25) is 0 Å². The van der Waals surface area contributed by atoms with Gasteiger partial charge in [-0.1, -0.05) is 15.9 Å². The molecular formula is C6H11BrO. The van der Waals surface area contributed by atoms with Crippen molar-refractivity contribution < 1.29 is 4.74 Å². The molecule has 0 fully saturated rings. The fourth-order valence-electron chi connectivity index (χ4n) is 0.292. The highest BCUT2D eigenvalue weighted by molar-refractivity contribution is 9.11. The van der Waals surface area contributed by atoms with Crippen LogP contribution < -0.4 is 0 Å². The van der Waals surface area contributed by atoms with Crippen LogP contribution in [0.1, 0.15) is 13.8 Å². The van der Waals surface area contributed by atoms with Crippen LogP contribution in [0.3, 0.4) is 0 Å². The molecule has 0 radical (unpaired) electrons. The lowest BCUT2D eigenvalue weighted by atomic mass is 10.5. The molecule has 0 bridgehead atoms. The second-order valence-electron chi connectivity index (χ2n) is 1.45. The van der Waals surface area contributed by atoms with E-state index in [2.05, 4.69) is 15.9 Å². The number of allylic oxidation sites excluding steroid dienone is 1. The van der Waals surface area contributed by atoms with Crippen molar-refractivity contribution in [2.45, 2.75) is 13.8 Å². The molecule has 0 saturated carbocycles. The standard InChI is InChI=1S/C6H11BrO/c1-3-8-5-4-6(2)7/h4H,3,5H2,1-2H3. The predicted octanol–water partition coefficient (Wildman–Crippen LogP) is 2.32. The minimum absolute atomic E-state index is 0.716. The lowest BCUT2D eigenvalue weighted by Crippen LogP contribution is -1.87. The van der Waals surface area contributed by atoms with E-state index in [-0.39, 0.29) is 0 Å². The summed E-state index contributed by atoms with van der Waals surface area (Å²) in [5.74, 6) is 0. The zero-order chi connectivity index (χ0) is 6.41. The summed E-state index contributed by atoms with van der Waals surface area (Å²) in [5.41, 5.74) is 0. The highest BCUT2D eigenvalue weighted by atomic mass is 79.9. The van der Waals surface area contributed by atoms with Crippen LogP contribution in [-0.2, 0) is 4.74 Å². The molecule has 0 spiro atoms. The van der Waals surface area contributed by atoms with Gasteiger partial charge in [0, 0.05) is 6.61 Å². The van der Waals surface area contributed by atoms with E-state index in [1.165, 1.54) is 0 Å². The lowest BCUT2D eigenvalue weighted by Gasteiger charge is -1.92. The Morgan fingerprint density at radius 1 is 1.75 bits per heavy atom. The second-order valence-corrected chi connectivity index (χ2v) is 2.70. The summed E-state index contributed by atoms with van der Waals surface area (Å²) in [6.45, 7) is 5.47. The second kappa shape index (κ2) is 5.32. The van der Waals surface area contributed by atoms with Crippen molar-refractivity contribution in [2.75, 3.05) is 13.2 Å². The number of halogens is 1. The molecule has 0 N–H and O–H groups in total. The summed E-state index contributed by atoms with van der Waals surface area (Å²) < 4.78 is 6.17. The molecule has 8 heavy (non-hydrogen) atoms. The van der Waals surface area contributed by atoms with Crippen molar-refractivity contribution in [3.05, 3.63) is 10.6 Å². The van der Waals surface area contributed by atoms with Crippen LogP contribution in [-0.4, -0.2) is 13.2 Å². The van der Waals surface area contributed by atoms with E-state index in [9.17, 15) is 0 Å². The zero-order valence-electron chi connectivity index (χ0n) is 5.28. The predicted molar refractivity (Wildman–Crippen MR) is 39.2 cm³/mol. The molecule has 0 aliphatic carbocycles. The number of hydrogen-bond acceptors (Lipinski definition) is 1. The van der Waals surface area contributed by atoms with Gasteiger partial charge in [0.2, 0.25) is 0 Å². The number of hydrogen-bond donors (Lipinski definition) is 0. The van der Waals surface area contributed by atoms with Crippen molar-refractivity contribution in [3.8, 4) is 0 Å². The van der Waals surface area contributed by atoms with Crippen LogP contribution in [0.15, 0.2) is 10.6 Å². The zero-order valence-corrected chi connectivity index (χ0v) is 6.86. The topological polar surface area (TPSA) is 9.23 Å². The Balaban J connectivity index is 3.03. The van der Waals surface area contributed by atoms with Gasteiger partial charge in [0.25, 0.3) is 0 Å². The van der Waals surface area contributed by atoms with Gasteiger partial charge in [0.1, 0.15) is 0 Å². The molecule has 0 rings (SSSR count). The molecule has 48 valence electrons. The van der Waals surface area contributed by atoms with Crippen LogP contribution in [0, 0.1) is 0 Å². The summed E-state index contributed by atoms with van der Waals surface area (Å²) in [7, 11) is 0. The molecule has 0 aromatic carbocycles. The Kier molecular flexibility index (Phi) is 5.44. The maximum Gasteiger partial charge on any atom is 0.0657 e. The maximum atomic E-state index is 5.04. The quantitative estimate of drug-likeness (QED) is 0.604. The first-order valence-electron chi connectivity index (χ1n) is 2.67. The van der Waals surface area contributed by atoms with Gasteiger partial charge in [0.15, 0.2) is 0 Å². The van der Waals surface area contributed by atoms with E-state index >= 15 is 0 Å². The van der Waals surface area contributed by atoms with Gasteiger partial charge in [-0.3, -0.25) is 0 Å². The Morgan fingerprint density at radius 3 is 2.75 bits per heavy atom. The maximum absolute atomic E-state index is 5.04. The molecule has 0 aliphatic heterocycles. The van der Waals surface area contributed by atoms with Crippen molar-refractivity contribution >= 4 is 15.9 Å². The molecule has 0 amide bonds. The van der Waals surface area contributed by atoms with E-state index in [4.69, 9.17) is 4.74 Å². The van der Waals surface area contributed by atoms with Crippen molar-refractivity contribution in [2.24, 2.45) is 0 Å². The van der Waals surface area contributed by atoms with E-state index in [1.54, 1.807) is 0 Å². The van der Waals surface area contributed by atoms with Crippen molar-refractivity contribution in [3.63, 3.8) is 0 Å². The summed E-state index contributed by atoms with van der Waals surface area (Å²) in [6.07, 6.45) is 1.99. The molecule has 2 heteroatoms. The lowest BCUT2D eigenvalue weighted by molar-refractivity contribution is 0.177. The summed E-state index contributed by atoms with van der Waals surface area (Å²) >= 11 is 3.29. The first-order chi connectivity index (χ1) is 3.77. The molecule has 0 atom stereocenters. The molecule has 0 aliphatic rings. The van der Waals surface area contributed by atoms with Crippen molar-refractivity contribution in [1.82, 2.24) is 0 Å².